The average Bonchev–Trinajstić information content (AvgIpc) is 2.46. The molecule has 0 aliphatic carbocycles. The van der Waals surface area contributed by atoms with Crippen LogP contribution in [-0.2, 0) is 11.7 Å². The second-order valence-electron chi connectivity index (χ2n) is 2.03. The molecule has 0 N–H and O–H groups in total. The highest BCUT2D eigenvalue weighted by atomic mass is 33.1. The Morgan fingerprint density at radius 1 is 1.36 bits per heavy atom. The molecule has 4 heteroatoms. The van der Waals surface area contributed by atoms with Crippen LogP contribution in [0, 0.1) is 0 Å². The van der Waals surface area contributed by atoms with Gasteiger partial charge in [0.25, 0.3) is 0 Å². The number of aromatic nitrogens is 1. The molecule has 0 fully saturated rings. The smallest absolute Gasteiger partial charge is 0.126 e. The molecule has 2 rings (SSSR count). The lowest BCUT2D eigenvalue weighted by atomic mass is 10.3. The number of fused-ring (bicyclic) bond motifs is 1. The fourth-order valence-electron chi connectivity index (χ4n) is 0.887. The SMILES string of the molecule is [S-]Sc1nc2ccccc2s1. The first kappa shape index (κ1) is 7.46. The van der Waals surface area contributed by atoms with E-state index in [1.165, 1.54) is 15.5 Å². The molecule has 0 aliphatic heterocycles. The maximum absolute atomic E-state index is 4.82. The highest BCUT2D eigenvalue weighted by Crippen LogP contribution is 2.27. The number of para-hydroxylation sites is 1. The Balaban J connectivity index is 2.69. The van der Waals surface area contributed by atoms with E-state index in [9.17, 15) is 0 Å². The lowest BCUT2D eigenvalue weighted by Gasteiger charge is -1.94. The molecule has 0 spiro atoms. The molecule has 0 unspecified atom stereocenters. The second-order valence-corrected chi connectivity index (χ2v) is 4.37. The Hall–Kier alpha value is -0.190. The van der Waals surface area contributed by atoms with Crippen molar-refractivity contribution < 1.29 is 0 Å². The van der Waals surface area contributed by atoms with Gasteiger partial charge in [0.15, 0.2) is 0 Å². The lowest BCUT2D eigenvalue weighted by molar-refractivity contribution is 1.31. The van der Waals surface area contributed by atoms with Crippen molar-refractivity contribution in [2.45, 2.75) is 4.34 Å². The van der Waals surface area contributed by atoms with Gasteiger partial charge in [-0.25, -0.2) is 4.98 Å². The van der Waals surface area contributed by atoms with Crippen molar-refractivity contribution in [1.82, 2.24) is 4.98 Å². The number of benzene rings is 1. The van der Waals surface area contributed by atoms with E-state index < -0.39 is 0 Å². The summed E-state index contributed by atoms with van der Waals surface area (Å²) in [6.07, 6.45) is 0. The molecule has 0 atom stereocenters. The summed E-state index contributed by atoms with van der Waals surface area (Å²) in [6.45, 7) is 0. The Morgan fingerprint density at radius 3 is 2.91 bits per heavy atom. The normalized spacial score (nSPS) is 10.6. The molecular weight excluding hydrogens is 194 g/mol. The van der Waals surface area contributed by atoms with Gasteiger partial charge in [0, 0.05) is 0 Å². The molecule has 0 saturated heterocycles. The number of nitrogens with zero attached hydrogens (tertiary/aromatic N) is 1. The molecule has 1 aromatic carbocycles. The van der Waals surface area contributed by atoms with Crippen LogP contribution in [0.3, 0.4) is 0 Å². The van der Waals surface area contributed by atoms with Crippen molar-refractivity contribution in [2.75, 3.05) is 0 Å². The van der Waals surface area contributed by atoms with Crippen molar-refractivity contribution in [3.63, 3.8) is 0 Å². The van der Waals surface area contributed by atoms with Crippen LogP contribution in [0.4, 0.5) is 0 Å². The van der Waals surface area contributed by atoms with Gasteiger partial charge in [0.2, 0.25) is 0 Å². The summed E-state index contributed by atoms with van der Waals surface area (Å²) >= 11 is 6.47. The van der Waals surface area contributed by atoms with Gasteiger partial charge in [-0.2, -0.15) is 0 Å². The number of hydrogen-bond donors (Lipinski definition) is 0. The predicted molar refractivity (Wildman–Crippen MR) is 52.8 cm³/mol. The van der Waals surface area contributed by atoms with Gasteiger partial charge in [-0.15, -0.1) is 11.3 Å². The first-order chi connectivity index (χ1) is 5.40. The van der Waals surface area contributed by atoms with Crippen molar-refractivity contribution >= 4 is 44.0 Å². The molecule has 2 aromatic rings. The molecule has 0 saturated carbocycles. The van der Waals surface area contributed by atoms with Crippen LogP contribution in [0.5, 0.6) is 0 Å². The summed E-state index contributed by atoms with van der Waals surface area (Å²) in [4.78, 5) is 4.31. The van der Waals surface area contributed by atoms with E-state index >= 15 is 0 Å². The Bertz CT molecular complexity index is 335. The highest BCUT2D eigenvalue weighted by molar-refractivity contribution is 8.59. The van der Waals surface area contributed by atoms with Crippen LogP contribution >= 0.6 is 22.1 Å². The van der Waals surface area contributed by atoms with Crippen molar-refractivity contribution in [1.29, 1.82) is 0 Å². The Morgan fingerprint density at radius 2 is 2.18 bits per heavy atom. The van der Waals surface area contributed by atoms with Crippen molar-refractivity contribution in [2.24, 2.45) is 0 Å². The molecule has 1 heterocycles. The molecule has 1 nitrogen and oxygen atoms in total. The van der Waals surface area contributed by atoms with Gasteiger partial charge < -0.3 is 11.7 Å². The molecular formula is C7H4NS3-. The van der Waals surface area contributed by atoms with Crippen LogP contribution in [0.25, 0.3) is 10.2 Å². The Kier molecular flexibility index (Phi) is 2.07. The first-order valence-electron chi connectivity index (χ1n) is 3.05. The predicted octanol–water partition coefficient (Wildman–Crippen LogP) is 2.85. The molecule has 56 valence electrons. The number of rotatable bonds is 1. The molecule has 11 heavy (non-hydrogen) atoms. The van der Waals surface area contributed by atoms with E-state index in [-0.39, 0.29) is 0 Å². The molecule has 0 amide bonds. The van der Waals surface area contributed by atoms with Gasteiger partial charge in [0.05, 0.1) is 10.2 Å². The summed E-state index contributed by atoms with van der Waals surface area (Å²) in [5, 5.41) is 0. The summed E-state index contributed by atoms with van der Waals surface area (Å²) in [5.74, 6) is 0. The van der Waals surface area contributed by atoms with E-state index in [1.807, 2.05) is 18.2 Å². The standard InChI is InChI=1S/C7H5NS3/c9-11-7-8-5-3-1-2-4-6(5)10-7/h1-4,9H/p-1. The zero-order chi connectivity index (χ0) is 7.68. The minimum Gasteiger partial charge on any atom is -0.712 e. The van der Waals surface area contributed by atoms with Crippen LogP contribution in [0.1, 0.15) is 0 Å². The van der Waals surface area contributed by atoms with E-state index in [2.05, 4.69) is 11.1 Å². The minimum atomic E-state index is 0.959. The van der Waals surface area contributed by atoms with Crippen molar-refractivity contribution in [3.8, 4) is 0 Å². The summed E-state index contributed by atoms with van der Waals surface area (Å²) in [6, 6.07) is 8.06. The van der Waals surface area contributed by atoms with Crippen molar-refractivity contribution in [3.05, 3.63) is 24.3 Å². The zero-order valence-corrected chi connectivity index (χ0v) is 7.93. The van der Waals surface area contributed by atoms with Gasteiger partial charge in [-0.3, -0.25) is 10.8 Å². The third kappa shape index (κ3) is 1.38. The van der Waals surface area contributed by atoms with E-state index in [1.54, 1.807) is 11.3 Å². The van der Waals surface area contributed by atoms with Crippen LogP contribution in [0.15, 0.2) is 28.6 Å². The maximum Gasteiger partial charge on any atom is 0.126 e. The molecule has 0 radical (unpaired) electrons. The lowest BCUT2D eigenvalue weighted by Crippen LogP contribution is -1.64. The topological polar surface area (TPSA) is 12.9 Å². The van der Waals surface area contributed by atoms with Gasteiger partial charge >= 0.3 is 0 Å². The summed E-state index contributed by atoms with van der Waals surface area (Å²) in [7, 11) is 1.29. The third-order valence-electron chi connectivity index (χ3n) is 1.35. The first-order valence-corrected chi connectivity index (χ1v) is 5.61. The second kappa shape index (κ2) is 3.05. The summed E-state index contributed by atoms with van der Waals surface area (Å²) in [5.41, 5.74) is 1.05. The fraction of sp³-hybridized carbons (Fsp3) is 0. The maximum atomic E-state index is 4.82. The quantitative estimate of drug-likeness (QED) is 0.516. The van der Waals surface area contributed by atoms with Gasteiger partial charge in [0.1, 0.15) is 4.34 Å². The monoisotopic (exact) mass is 198 g/mol. The largest absolute Gasteiger partial charge is 0.712 e. The fourth-order valence-corrected chi connectivity index (χ4v) is 2.54. The van der Waals surface area contributed by atoms with E-state index in [0.29, 0.717) is 0 Å². The van der Waals surface area contributed by atoms with Crippen LogP contribution in [0.2, 0.25) is 0 Å². The van der Waals surface area contributed by atoms with Crippen LogP contribution in [-0.4, -0.2) is 4.98 Å². The molecule has 0 aliphatic rings. The zero-order valence-electron chi connectivity index (χ0n) is 5.48. The van der Waals surface area contributed by atoms with E-state index in [0.717, 1.165) is 9.86 Å². The van der Waals surface area contributed by atoms with Gasteiger partial charge in [-0.05, 0) is 12.1 Å². The highest BCUT2D eigenvalue weighted by Gasteiger charge is 1.96. The third-order valence-corrected chi connectivity index (χ3v) is 3.70. The number of thiazole rings is 1. The molecule has 0 bridgehead atoms. The van der Waals surface area contributed by atoms with E-state index in [4.69, 9.17) is 11.7 Å². The van der Waals surface area contributed by atoms with Crippen LogP contribution < -0.4 is 0 Å². The Labute approximate surface area is 77.7 Å². The van der Waals surface area contributed by atoms with Gasteiger partial charge in [-0.1, -0.05) is 12.1 Å². The average molecular weight is 198 g/mol. The molecule has 1 aromatic heterocycles. The minimum absolute atomic E-state index is 0.959. The number of hydrogen-bond acceptors (Lipinski definition) is 4. The summed E-state index contributed by atoms with van der Waals surface area (Å²) < 4.78 is 2.17.